The number of carbonyl (C=O) groups excluding carboxylic acids is 4. The Labute approximate surface area is 580 Å². The second-order valence-electron chi connectivity index (χ2n) is 23.8. The highest BCUT2D eigenvalue weighted by Crippen LogP contribution is 2.45. The van der Waals surface area contributed by atoms with Gasteiger partial charge in [-0.25, -0.2) is 9.13 Å². The van der Waals surface area contributed by atoms with Gasteiger partial charge in [-0.2, -0.15) is 0 Å². The Balaban J connectivity index is 5.43. The van der Waals surface area contributed by atoms with Gasteiger partial charge in [0.15, 0.2) is 12.2 Å². The van der Waals surface area contributed by atoms with Crippen LogP contribution in [0.5, 0.6) is 0 Å². The number of esters is 4. The summed E-state index contributed by atoms with van der Waals surface area (Å²) in [6, 6.07) is 0. The molecule has 0 aromatic heterocycles. The number of phosphoric ester groups is 2. The van der Waals surface area contributed by atoms with Gasteiger partial charge in [-0.05, 0) is 135 Å². The van der Waals surface area contributed by atoms with Crippen molar-refractivity contribution in [2.24, 2.45) is 0 Å². The van der Waals surface area contributed by atoms with Crippen molar-refractivity contribution in [1.82, 2.24) is 0 Å². The van der Waals surface area contributed by atoms with Crippen molar-refractivity contribution in [2.75, 3.05) is 39.6 Å². The Morgan fingerprint density at radius 3 is 0.969 bits per heavy atom. The molecule has 0 spiro atoms. The highest BCUT2D eigenvalue weighted by atomic mass is 31.2. The number of phosphoric acid groups is 2. The second kappa shape index (κ2) is 68.7. The first-order valence-electron chi connectivity index (χ1n) is 36.4. The molecule has 17 nitrogen and oxygen atoms in total. The zero-order valence-electron chi connectivity index (χ0n) is 59.5. The van der Waals surface area contributed by atoms with E-state index in [1.54, 1.807) is 6.08 Å². The molecule has 0 saturated heterocycles. The lowest BCUT2D eigenvalue weighted by Crippen LogP contribution is -2.30. The van der Waals surface area contributed by atoms with Gasteiger partial charge in [0.1, 0.15) is 19.3 Å². The van der Waals surface area contributed by atoms with E-state index in [1.807, 2.05) is 18.2 Å². The molecule has 19 heteroatoms. The van der Waals surface area contributed by atoms with Crippen LogP contribution in [0, 0.1) is 0 Å². The number of allylic oxidation sites excluding steroid dienone is 21. The molecular formula is C77H128O17P2. The molecule has 0 bridgehead atoms. The molecule has 3 N–H and O–H groups in total. The van der Waals surface area contributed by atoms with Gasteiger partial charge in [-0.1, -0.05) is 245 Å². The lowest BCUT2D eigenvalue weighted by atomic mass is 10.1. The molecule has 5 atom stereocenters. The van der Waals surface area contributed by atoms with Gasteiger partial charge in [-0.15, -0.1) is 0 Å². The molecule has 0 aliphatic rings. The minimum Gasteiger partial charge on any atom is -0.462 e. The van der Waals surface area contributed by atoms with Crippen LogP contribution < -0.4 is 0 Å². The van der Waals surface area contributed by atoms with Crippen LogP contribution >= 0.6 is 15.6 Å². The van der Waals surface area contributed by atoms with Crippen LogP contribution in [0.2, 0.25) is 0 Å². The van der Waals surface area contributed by atoms with Crippen LogP contribution in [0.3, 0.4) is 0 Å². The van der Waals surface area contributed by atoms with Crippen LogP contribution in [0.1, 0.15) is 272 Å². The predicted molar refractivity (Wildman–Crippen MR) is 390 cm³/mol. The first-order valence-corrected chi connectivity index (χ1v) is 39.4. The Hall–Kier alpha value is -4.80. The highest BCUT2D eigenvalue weighted by Gasteiger charge is 2.30. The smallest absolute Gasteiger partial charge is 0.462 e. The maximum Gasteiger partial charge on any atom is 0.472 e. The number of rotatable bonds is 67. The number of hydrogen-bond acceptors (Lipinski definition) is 15. The molecule has 0 radical (unpaired) electrons. The summed E-state index contributed by atoms with van der Waals surface area (Å²) in [4.78, 5) is 72.6. The summed E-state index contributed by atoms with van der Waals surface area (Å²) in [6.45, 7) is 4.39. The monoisotopic (exact) mass is 1390 g/mol. The summed E-state index contributed by atoms with van der Waals surface area (Å²) in [6.07, 6.45) is 74.9. The van der Waals surface area contributed by atoms with E-state index >= 15 is 0 Å². The second-order valence-corrected chi connectivity index (χ2v) is 26.7. The van der Waals surface area contributed by atoms with Crippen LogP contribution in [-0.2, 0) is 65.4 Å². The summed E-state index contributed by atoms with van der Waals surface area (Å²) in [5, 5.41) is 10.6. The van der Waals surface area contributed by atoms with Gasteiger partial charge in [-0.3, -0.25) is 37.3 Å². The molecule has 0 saturated carbocycles. The van der Waals surface area contributed by atoms with Crippen molar-refractivity contribution in [3.05, 3.63) is 134 Å². The SMILES string of the molecule is CC/C=C\C/C=C\C/C=C\C/C=C\C/C=C\CC(=O)OCC(COP(=O)(O)OCC(O)COP(=O)(O)OCC(COC(=O)CCCCCCC/C=C\C/C=C\C/C=C\CC)OC(=O)CCCCCCC/C=C\C/C=C\CCCCC)OC(=O)CCCCCCC/C=C\CCCC. The van der Waals surface area contributed by atoms with Crippen molar-refractivity contribution in [1.29, 1.82) is 0 Å². The third-order valence-corrected chi connectivity index (χ3v) is 16.5. The van der Waals surface area contributed by atoms with Gasteiger partial charge >= 0.3 is 39.5 Å². The van der Waals surface area contributed by atoms with Crippen LogP contribution in [0.4, 0.5) is 0 Å². The fourth-order valence-corrected chi connectivity index (χ4v) is 10.7. The Morgan fingerprint density at radius 1 is 0.312 bits per heavy atom. The fourth-order valence-electron chi connectivity index (χ4n) is 9.08. The summed E-state index contributed by atoms with van der Waals surface area (Å²) in [7, 11) is -9.98. The lowest BCUT2D eigenvalue weighted by molar-refractivity contribution is -0.161. The standard InChI is InChI=1S/C77H128O17P2/c1-5-9-13-17-21-25-29-32-35-38-42-45-49-53-57-61-74(79)87-67-72(93-76(81)63-59-55-51-47-41-28-24-20-16-12-8-4)69-91-95(83,84)89-65-71(78)66-90-96(85,86)92-70-73(94-77(82)64-60-56-52-48-44-40-37-34-31-27-23-19-15-11-7-3)68-88-75(80)62-58-54-50-46-43-39-36-33-30-26-22-18-14-10-6-2/h9-10,13-14,20-27,32-37,42,45,53,57,71-73,78H,5-8,11-12,15-19,28-31,38-41,43-44,46-52,54-56,58-70H2,1-4H3,(H,83,84)(H,85,86)/b13-9-,14-10-,24-20-,25-21-,26-22-,27-23-,35-32-,36-33-,37-34-,45-42-,57-53-. The third-order valence-electron chi connectivity index (χ3n) is 14.6. The van der Waals surface area contributed by atoms with Gasteiger partial charge in [0.05, 0.1) is 32.8 Å². The summed E-state index contributed by atoms with van der Waals surface area (Å²) < 4.78 is 68.2. The quantitative estimate of drug-likeness (QED) is 0.0169. The minimum absolute atomic E-state index is 0.0614. The van der Waals surface area contributed by atoms with E-state index < -0.39 is 97.5 Å². The van der Waals surface area contributed by atoms with E-state index in [0.717, 1.165) is 161 Å². The van der Waals surface area contributed by atoms with Crippen molar-refractivity contribution in [2.45, 2.75) is 290 Å². The van der Waals surface area contributed by atoms with E-state index in [2.05, 4.69) is 137 Å². The molecule has 548 valence electrons. The number of carbonyl (C=O) groups is 4. The van der Waals surface area contributed by atoms with E-state index in [0.29, 0.717) is 25.7 Å². The first-order chi connectivity index (χ1) is 46.7. The molecule has 96 heavy (non-hydrogen) atoms. The Morgan fingerprint density at radius 2 is 0.594 bits per heavy atom. The van der Waals surface area contributed by atoms with Gasteiger partial charge in [0.25, 0.3) is 0 Å². The van der Waals surface area contributed by atoms with E-state index in [9.17, 15) is 43.2 Å². The number of aliphatic hydroxyl groups is 1. The largest absolute Gasteiger partial charge is 0.472 e. The number of ether oxygens (including phenoxy) is 4. The first kappa shape index (κ1) is 91.2. The number of hydrogen-bond donors (Lipinski definition) is 3. The normalized spacial score (nSPS) is 14.8. The topological polar surface area (TPSA) is 237 Å². The van der Waals surface area contributed by atoms with E-state index in [-0.39, 0.29) is 25.7 Å². The van der Waals surface area contributed by atoms with Gasteiger partial charge in [0, 0.05) is 19.3 Å². The molecule has 0 aromatic rings. The van der Waals surface area contributed by atoms with Crippen LogP contribution in [-0.4, -0.2) is 96.7 Å². The molecule has 0 aliphatic carbocycles. The van der Waals surface area contributed by atoms with Crippen LogP contribution in [0.25, 0.3) is 0 Å². The fraction of sp³-hybridized carbons (Fsp3) is 0.662. The van der Waals surface area contributed by atoms with Gasteiger partial charge < -0.3 is 33.8 Å². The molecular weight excluding hydrogens is 1260 g/mol. The Kier molecular flexibility index (Phi) is 65.3. The molecule has 0 fully saturated rings. The maximum absolute atomic E-state index is 13.1. The Bertz CT molecular complexity index is 2350. The van der Waals surface area contributed by atoms with E-state index in [1.165, 1.54) is 32.1 Å². The highest BCUT2D eigenvalue weighted by molar-refractivity contribution is 7.47. The lowest BCUT2D eigenvalue weighted by Gasteiger charge is -2.21. The molecule has 0 rings (SSSR count). The molecule has 0 aliphatic heterocycles. The molecule has 5 unspecified atom stereocenters. The number of unbranched alkanes of at least 4 members (excludes halogenated alkanes) is 20. The van der Waals surface area contributed by atoms with Gasteiger partial charge in [0.2, 0.25) is 0 Å². The number of aliphatic hydroxyl groups excluding tert-OH is 1. The van der Waals surface area contributed by atoms with Crippen molar-refractivity contribution < 1.29 is 80.2 Å². The van der Waals surface area contributed by atoms with Crippen molar-refractivity contribution in [3.8, 4) is 0 Å². The van der Waals surface area contributed by atoms with Crippen LogP contribution in [0.15, 0.2) is 134 Å². The van der Waals surface area contributed by atoms with Crippen molar-refractivity contribution in [3.63, 3.8) is 0 Å². The zero-order valence-corrected chi connectivity index (χ0v) is 61.3. The average molecular weight is 1390 g/mol. The average Bonchev–Trinajstić information content (AvgIpc) is 1.11. The summed E-state index contributed by atoms with van der Waals surface area (Å²) in [5.74, 6) is -2.37. The van der Waals surface area contributed by atoms with E-state index in [4.69, 9.17) is 37.0 Å². The third kappa shape index (κ3) is 67.8. The minimum atomic E-state index is -4.99. The summed E-state index contributed by atoms with van der Waals surface area (Å²) in [5.41, 5.74) is 0. The molecule has 0 amide bonds. The van der Waals surface area contributed by atoms with Crippen molar-refractivity contribution >= 4 is 39.5 Å². The zero-order chi connectivity index (χ0) is 70.4. The maximum atomic E-state index is 13.1. The molecule has 0 aromatic carbocycles. The summed E-state index contributed by atoms with van der Waals surface area (Å²) >= 11 is 0. The molecule has 0 heterocycles. The predicted octanol–water partition coefficient (Wildman–Crippen LogP) is 20.5.